The van der Waals surface area contributed by atoms with Crippen molar-refractivity contribution in [3.8, 4) is 0 Å². The molecule has 0 amide bonds. The normalized spacial score (nSPS) is 12.1. The fourth-order valence-electron chi connectivity index (χ4n) is 2.03. The molecule has 5 heteroatoms. The van der Waals surface area contributed by atoms with Crippen molar-refractivity contribution in [1.82, 2.24) is 4.98 Å². The molecule has 0 aliphatic heterocycles. The van der Waals surface area contributed by atoms with E-state index in [4.69, 9.17) is 0 Å². The van der Waals surface area contributed by atoms with Crippen molar-refractivity contribution < 1.29 is 8.78 Å². The smallest absolute Gasteiger partial charge is 0.151 e. The molecule has 2 rings (SSSR count). The second-order valence-corrected chi connectivity index (χ2v) is 4.80. The Kier molecular flexibility index (Phi) is 4.17. The summed E-state index contributed by atoms with van der Waals surface area (Å²) in [6.45, 7) is 1.82. The third-order valence-electron chi connectivity index (χ3n) is 3.01. The van der Waals surface area contributed by atoms with Crippen LogP contribution in [-0.2, 0) is 0 Å². The summed E-state index contributed by atoms with van der Waals surface area (Å²) in [5.41, 5.74) is 1.22. The molecule has 0 bridgehead atoms. The van der Waals surface area contributed by atoms with Gasteiger partial charge in [0.25, 0.3) is 0 Å². The number of aromatic nitrogens is 1. The van der Waals surface area contributed by atoms with Gasteiger partial charge in [-0.15, -0.1) is 0 Å². The van der Waals surface area contributed by atoms with Crippen molar-refractivity contribution in [2.45, 2.75) is 13.0 Å². The molecule has 1 N–H and O–H groups in total. The lowest BCUT2D eigenvalue weighted by atomic mass is 10.1. The van der Waals surface area contributed by atoms with Gasteiger partial charge in [0.15, 0.2) is 5.82 Å². The maximum absolute atomic E-state index is 13.8. The van der Waals surface area contributed by atoms with Crippen molar-refractivity contribution in [2.24, 2.45) is 0 Å². The lowest BCUT2D eigenvalue weighted by molar-refractivity contribution is 0.566. The van der Waals surface area contributed by atoms with Gasteiger partial charge in [-0.25, -0.2) is 13.8 Å². The molecule has 106 valence electrons. The van der Waals surface area contributed by atoms with E-state index in [9.17, 15) is 8.78 Å². The molecule has 1 unspecified atom stereocenters. The van der Waals surface area contributed by atoms with Crippen LogP contribution in [0.25, 0.3) is 0 Å². The van der Waals surface area contributed by atoms with Gasteiger partial charge in [0, 0.05) is 31.9 Å². The highest BCUT2D eigenvalue weighted by atomic mass is 19.1. The van der Waals surface area contributed by atoms with Gasteiger partial charge in [-0.2, -0.15) is 0 Å². The second-order valence-electron chi connectivity index (χ2n) is 4.80. The van der Waals surface area contributed by atoms with E-state index in [0.717, 1.165) is 17.6 Å². The predicted molar refractivity (Wildman–Crippen MR) is 77.0 cm³/mol. The summed E-state index contributed by atoms with van der Waals surface area (Å²) in [6, 6.07) is 6.99. The van der Waals surface area contributed by atoms with Crippen LogP contribution in [0.15, 0.2) is 36.5 Å². The van der Waals surface area contributed by atoms with Crippen LogP contribution >= 0.6 is 0 Å². The summed E-state index contributed by atoms with van der Waals surface area (Å²) in [5.74, 6) is -0.365. The number of hydrogen-bond acceptors (Lipinski definition) is 3. The number of benzene rings is 1. The van der Waals surface area contributed by atoms with E-state index in [2.05, 4.69) is 10.3 Å². The molecule has 0 aliphatic rings. The Bertz CT molecular complexity index is 599. The summed E-state index contributed by atoms with van der Waals surface area (Å²) < 4.78 is 26.7. The van der Waals surface area contributed by atoms with Crippen LogP contribution in [0, 0.1) is 11.6 Å². The van der Waals surface area contributed by atoms with E-state index in [-0.39, 0.29) is 6.04 Å². The largest absolute Gasteiger partial charge is 0.375 e. The van der Waals surface area contributed by atoms with Crippen LogP contribution in [0.4, 0.5) is 20.3 Å². The molecular weight excluding hydrogens is 260 g/mol. The first kappa shape index (κ1) is 14.2. The number of halogens is 2. The molecular formula is C15H17F2N3. The molecule has 0 fully saturated rings. The van der Waals surface area contributed by atoms with E-state index >= 15 is 0 Å². The Morgan fingerprint density at radius 2 is 1.95 bits per heavy atom. The first-order valence-corrected chi connectivity index (χ1v) is 6.33. The van der Waals surface area contributed by atoms with E-state index < -0.39 is 11.6 Å². The zero-order chi connectivity index (χ0) is 14.7. The van der Waals surface area contributed by atoms with E-state index in [1.807, 2.05) is 38.1 Å². The van der Waals surface area contributed by atoms with Crippen LogP contribution in [0.3, 0.4) is 0 Å². The van der Waals surface area contributed by atoms with Crippen LogP contribution in [-0.4, -0.2) is 19.1 Å². The van der Waals surface area contributed by atoms with Crippen molar-refractivity contribution in [3.63, 3.8) is 0 Å². The van der Waals surface area contributed by atoms with Crippen molar-refractivity contribution >= 4 is 11.5 Å². The van der Waals surface area contributed by atoms with Crippen LogP contribution in [0.1, 0.15) is 18.5 Å². The van der Waals surface area contributed by atoms with Crippen molar-refractivity contribution in [2.75, 3.05) is 24.3 Å². The molecule has 0 aliphatic carbocycles. The predicted octanol–water partition coefficient (Wildman–Crippen LogP) is 3.60. The summed E-state index contributed by atoms with van der Waals surface area (Å²) in [7, 11) is 3.77. The highest BCUT2D eigenvalue weighted by molar-refractivity contribution is 5.65. The van der Waals surface area contributed by atoms with Gasteiger partial charge in [0.1, 0.15) is 11.6 Å². The Labute approximate surface area is 117 Å². The molecule has 2 aromatic rings. The van der Waals surface area contributed by atoms with Crippen molar-refractivity contribution in [1.29, 1.82) is 0 Å². The first-order chi connectivity index (χ1) is 9.49. The summed E-state index contributed by atoms with van der Waals surface area (Å²) in [6.07, 6.45) is 1.70. The number of pyridine rings is 1. The Hall–Kier alpha value is -2.17. The van der Waals surface area contributed by atoms with Gasteiger partial charge in [0.05, 0.1) is 11.7 Å². The number of rotatable bonds is 4. The average Bonchev–Trinajstić information content (AvgIpc) is 2.38. The zero-order valence-corrected chi connectivity index (χ0v) is 11.7. The maximum atomic E-state index is 13.8. The van der Waals surface area contributed by atoms with Crippen LogP contribution in [0.5, 0.6) is 0 Å². The van der Waals surface area contributed by atoms with Gasteiger partial charge < -0.3 is 10.2 Å². The summed E-state index contributed by atoms with van der Waals surface area (Å²) >= 11 is 0. The molecule has 0 saturated carbocycles. The molecule has 3 nitrogen and oxygen atoms in total. The molecule has 0 spiro atoms. The lowest BCUT2D eigenvalue weighted by Crippen LogP contribution is -2.16. The van der Waals surface area contributed by atoms with Gasteiger partial charge in [0.2, 0.25) is 0 Å². The summed E-state index contributed by atoms with van der Waals surface area (Å²) in [4.78, 5) is 6.14. The standard InChI is InChI=1S/C15H17F2N3/c1-10(12-7-6-11(16)9-13(12)17)19-14-5-4-8-18-15(14)20(2)3/h4-10,19H,1-3H3. The third kappa shape index (κ3) is 3.04. The molecule has 1 atom stereocenters. The molecule has 0 radical (unpaired) electrons. The van der Waals surface area contributed by atoms with E-state index in [1.54, 1.807) is 6.20 Å². The molecule has 1 aromatic carbocycles. The number of nitrogens with one attached hydrogen (secondary N) is 1. The third-order valence-corrected chi connectivity index (χ3v) is 3.01. The Morgan fingerprint density at radius 1 is 1.20 bits per heavy atom. The fraction of sp³-hybridized carbons (Fsp3) is 0.267. The van der Waals surface area contributed by atoms with Gasteiger partial charge in [-0.1, -0.05) is 6.07 Å². The Morgan fingerprint density at radius 3 is 2.60 bits per heavy atom. The van der Waals surface area contributed by atoms with Crippen LogP contribution in [0.2, 0.25) is 0 Å². The monoisotopic (exact) mass is 277 g/mol. The Balaban J connectivity index is 2.26. The minimum atomic E-state index is -0.575. The van der Waals surface area contributed by atoms with Crippen LogP contribution < -0.4 is 10.2 Å². The lowest BCUT2D eigenvalue weighted by Gasteiger charge is -2.21. The number of anilines is 2. The maximum Gasteiger partial charge on any atom is 0.151 e. The number of nitrogens with zero attached hydrogens (tertiary/aromatic N) is 2. The first-order valence-electron chi connectivity index (χ1n) is 6.33. The topological polar surface area (TPSA) is 28.2 Å². The molecule has 1 heterocycles. The minimum absolute atomic E-state index is 0.293. The molecule has 0 saturated heterocycles. The fourth-order valence-corrected chi connectivity index (χ4v) is 2.03. The van der Waals surface area contributed by atoms with Crippen molar-refractivity contribution in [3.05, 3.63) is 53.7 Å². The van der Waals surface area contributed by atoms with Gasteiger partial charge in [-0.05, 0) is 25.1 Å². The average molecular weight is 277 g/mol. The number of hydrogen-bond donors (Lipinski definition) is 1. The minimum Gasteiger partial charge on any atom is -0.375 e. The van der Waals surface area contributed by atoms with E-state index in [0.29, 0.717) is 5.56 Å². The highest BCUT2D eigenvalue weighted by Crippen LogP contribution is 2.27. The molecule has 20 heavy (non-hydrogen) atoms. The second kappa shape index (κ2) is 5.86. The van der Waals surface area contributed by atoms with Gasteiger partial charge in [-0.3, -0.25) is 0 Å². The SMILES string of the molecule is CC(Nc1cccnc1N(C)C)c1ccc(F)cc1F. The zero-order valence-electron chi connectivity index (χ0n) is 11.7. The van der Waals surface area contributed by atoms with Gasteiger partial charge >= 0.3 is 0 Å². The molecule has 1 aromatic heterocycles. The summed E-state index contributed by atoms with van der Waals surface area (Å²) in [5, 5.41) is 3.20. The quantitative estimate of drug-likeness (QED) is 0.925. The highest BCUT2D eigenvalue weighted by Gasteiger charge is 2.14. The van der Waals surface area contributed by atoms with E-state index in [1.165, 1.54) is 12.1 Å².